The van der Waals surface area contributed by atoms with Crippen LogP contribution < -0.4 is 4.74 Å². The summed E-state index contributed by atoms with van der Waals surface area (Å²) in [6, 6.07) is 3.77. The number of benzene rings is 1. The Morgan fingerprint density at radius 3 is 2.15 bits per heavy atom. The summed E-state index contributed by atoms with van der Waals surface area (Å²) in [6.45, 7) is 9.57. The average molecular weight is 272 g/mol. The average Bonchev–Trinajstić information content (AvgIpc) is 2.65. The molecule has 106 valence electrons. The van der Waals surface area contributed by atoms with Crippen molar-refractivity contribution in [3.05, 3.63) is 51.5 Å². The van der Waals surface area contributed by atoms with Gasteiger partial charge in [-0.25, -0.2) is 0 Å². The van der Waals surface area contributed by atoms with Gasteiger partial charge in [0.1, 0.15) is 17.3 Å². The summed E-state index contributed by atoms with van der Waals surface area (Å²) in [4.78, 5) is 12.8. The van der Waals surface area contributed by atoms with E-state index in [1.807, 2.05) is 46.8 Å². The van der Waals surface area contributed by atoms with Crippen molar-refractivity contribution in [1.82, 2.24) is 0 Å². The molecule has 0 saturated carbocycles. The van der Waals surface area contributed by atoms with Gasteiger partial charge in [-0.15, -0.1) is 0 Å². The van der Waals surface area contributed by atoms with Crippen molar-refractivity contribution in [3.8, 4) is 5.75 Å². The Morgan fingerprint density at radius 2 is 1.65 bits per heavy atom. The van der Waals surface area contributed by atoms with Crippen LogP contribution in [-0.4, -0.2) is 12.9 Å². The summed E-state index contributed by atoms with van der Waals surface area (Å²) in [5.41, 5.74) is 4.23. The minimum Gasteiger partial charge on any atom is -0.496 e. The van der Waals surface area contributed by atoms with Crippen molar-refractivity contribution in [2.24, 2.45) is 0 Å². The summed E-state index contributed by atoms with van der Waals surface area (Å²) < 4.78 is 11.0. The van der Waals surface area contributed by atoms with Crippen LogP contribution >= 0.6 is 0 Å². The van der Waals surface area contributed by atoms with Crippen LogP contribution in [0.1, 0.15) is 44.1 Å². The van der Waals surface area contributed by atoms with E-state index in [0.717, 1.165) is 22.5 Å². The Morgan fingerprint density at radius 1 is 1.00 bits per heavy atom. The minimum atomic E-state index is -0.0446. The number of carbonyl (C=O) groups is 1. The smallest absolute Gasteiger partial charge is 0.200 e. The van der Waals surface area contributed by atoms with Gasteiger partial charge in [-0.05, 0) is 51.8 Å². The zero-order valence-corrected chi connectivity index (χ0v) is 12.9. The Hall–Kier alpha value is -2.03. The van der Waals surface area contributed by atoms with Gasteiger partial charge in [0, 0.05) is 5.56 Å². The fraction of sp³-hybridized carbons (Fsp3) is 0.353. The summed E-state index contributed by atoms with van der Waals surface area (Å²) in [5.74, 6) is 2.04. The standard InChI is InChI=1S/C17H20O3/c1-9-7-8-14(17(19-6)10(9)2)16(18)15-11(3)12(4)20-13(15)5/h7-8H,1-6H3. The summed E-state index contributed by atoms with van der Waals surface area (Å²) >= 11 is 0. The first-order chi connectivity index (χ1) is 9.38. The molecule has 2 rings (SSSR count). The van der Waals surface area contributed by atoms with E-state index in [2.05, 4.69) is 0 Å². The largest absolute Gasteiger partial charge is 0.496 e. The van der Waals surface area contributed by atoms with Crippen LogP contribution in [0.25, 0.3) is 0 Å². The molecule has 0 aliphatic heterocycles. The lowest BCUT2D eigenvalue weighted by Crippen LogP contribution is -2.07. The third kappa shape index (κ3) is 2.13. The molecule has 1 aromatic carbocycles. The number of aryl methyl sites for hydroxylation is 3. The van der Waals surface area contributed by atoms with Gasteiger partial charge in [-0.3, -0.25) is 4.79 Å². The fourth-order valence-corrected chi connectivity index (χ4v) is 2.49. The number of hydrogen-bond donors (Lipinski definition) is 0. The van der Waals surface area contributed by atoms with Gasteiger partial charge in [0.15, 0.2) is 0 Å². The molecule has 2 aromatic rings. The molecule has 0 aliphatic rings. The first-order valence-corrected chi connectivity index (χ1v) is 6.64. The SMILES string of the molecule is COc1c(C(=O)c2c(C)oc(C)c2C)ccc(C)c1C. The second-order valence-corrected chi connectivity index (χ2v) is 5.13. The van der Waals surface area contributed by atoms with E-state index in [-0.39, 0.29) is 5.78 Å². The van der Waals surface area contributed by atoms with Gasteiger partial charge < -0.3 is 9.15 Å². The Balaban J connectivity index is 2.63. The van der Waals surface area contributed by atoms with Gasteiger partial charge in [0.2, 0.25) is 5.78 Å². The third-order valence-corrected chi connectivity index (χ3v) is 3.91. The molecule has 0 aliphatic carbocycles. The first kappa shape index (κ1) is 14.4. The molecule has 20 heavy (non-hydrogen) atoms. The van der Waals surface area contributed by atoms with Crippen molar-refractivity contribution in [2.75, 3.05) is 7.11 Å². The van der Waals surface area contributed by atoms with Gasteiger partial charge >= 0.3 is 0 Å². The van der Waals surface area contributed by atoms with E-state index >= 15 is 0 Å². The molecule has 3 nitrogen and oxygen atoms in total. The summed E-state index contributed by atoms with van der Waals surface area (Å²) in [5, 5.41) is 0. The summed E-state index contributed by atoms with van der Waals surface area (Å²) in [7, 11) is 1.60. The second kappa shape index (κ2) is 5.16. The zero-order chi connectivity index (χ0) is 15.0. The maximum absolute atomic E-state index is 12.8. The van der Waals surface area contributed by atoms with Crippen molar-refractivity contribution in [3.63, 3.8) is 0 Å². The molecule has 3 heteroatoms. The number of rotatable bonds is 3. The molecule has 0 atom stereocenters. The molecule has 0 saturated heterocycles. The summed E-state index contributed by atoms with van der Waals surface area (Å²) in [6.07, 6.45) is 0. The molecular weight excluding hydrogens is 252 g/mol. The molecule has 0 bridgehead atoms. The predicted molar refractivity (Wildman–Crippen MR) is 78.8 cm³/mol. The van der Waals surface area contributed by atoms with Crippen LogP contribution in [0.15, 0.2) is 16.5 Å². The Kier molecular flexibility index (Phi) is 3.71. The van der Waals surface area contributed by atoms with Gasteiger partial charge in [0.05, 0.1) is 18.2 Å². The first-order valence-electron chi connectivity index (χ1n) is 6.64. The monoisotopic (exact) mass is 272 g/mol. The van der Waals surface area contributed by atoms with E-state index in [4.69, 9.17) is 9.15 Å². The van der Waals surface area contributed by atoms with Crippen molar-refractivity contribution < 1.29 is 13.9 Å². The van der Waals surface area contributed by atoms with E-state index in [9.17, 15) is 4.79 Å². The molecule has 0 fully saturated rings. The van der Waals surface area contributed by atoms with Crippen molar-refractivity contribution >= 4 is 5.78 Å². The Bertz CT molecular complexity index is 678. The molecule has 0 N–H and O–H groups in total. The predicted octanol–water partition coefficient (Wildman–Crippen LogP) is 4.06. The normalized spacial score (nSPS) is 10.7. The number of ketones is 1. The highest BCUT2D eigenvalue weighted by atomic mass is 16.5. The molecule has 0 unspecified atom stereocenters. The minimum absolute atomic E-state index is 0.0446. The fourth-order valence-electron chi connectivity index (χ4n) is 2.49. The van der Waals surface area contributed by atoms with Crippen LogP contribution in [0, 0.1) is 34.6 Å². The highest BCUT2D eigenvalue weighted by Gasteiger charge is 2.23. The molecular formula is C17H20O3. The lowest BCUT2D eigenvalue weighted by Gasteiger charge is -2.12. The van der Waals surface area contributed by atoms with Crippen LogP contribution in [0.2, 0.25) is 0 Å². The zero-order valence-electron chi connectivity index (χ0n) is 12.9. The van der Waals surface area contributed by atoms with Crippen LogP contribution in [0.3, 0.4) is 0 Å². The number of carbonyl (C=O) groups excluding carboxylic acids is 1. The quantitative estimate of drug-likeness (QED) is 0.791. The van der Waals surface area contributed by atoms with E-state index in [0.29, 0.717) is 22.6 Å². The highest BCUT2D eigenvalue weighted by Crippen LogP contribution is 2.31. The molecule has 0 amide bonds. The maximum atomic E-state index is 12.8. The molecule has 0 radical (unpaired) electrons. The number of hydrogen-bond acceptors (Lipinski definition) is 3. The number of furan rings is 1. The van der Waals surface area contributed by atoms with Crippen LogP contribution in [0.5, 0.6) is 5.75 Å². The van der Waals surface area contributed by atoms with E-state index in [1.54, 1.807) is 7.11 Å². The van der Waals surface area contributed by atoms with Crippen molar-refractivity contribution in [1.29, 1.82) is 0 Å². The van der Waals surface area contributed by atoms with Crippen LogP contribution in [0.4, 0.5) is 0 Å². The highest BCUT2D eigenvalue weighted by molar-refractivity contribution is 6.12. The molecule has 0 spiro atoms. The maximum Gasteiger partial charge on any atom is 0.200 e. The lowest BCUT2D eigenvalue weighted by atomic mass is 9.95. The lowest BCUT2D eigenvalue weighted by molar-refractivity contribution is 0.103. The van der Waals surface area contributed by atoms with Gasteiger partial charge in [-0.1, -0.05) is 6.07 Å². The van der Waals surface area contributed by atoms with E-state index < -0.39 is 0 Å². The topological polar surface area (TPSA) is 39.4 Å². The molecule has 1 aromatic heterocycles. The number of ether oxygens (including phenoxy) is 1. The second-order valence-electron chi connectivity index (χ2n) is 5.13. The van der Waals surface area contributed by atoms with Crippen molar-refractivity contribution in [2.45, 2.75) is 34.6 Å². The number of methoxy groups -OCH3 is 1. The molecule has 1 heterocycles. The van der Waals surface area contributed by atoms with Gasteiger partial charge in [0.25, 0.3) is 0 Å². The van der Waals surface area contributed by atoms with Gasteiger partial charge in [-0.2, -0.15) is 0 Å². The Labute approximate surface area is 119 Å². The van der Waals surface area contributed by atoms with E-state index in [1.165, 1.54) is 0 Å². The van der Waals surface area contributed by atoms with Crippen LogP contribution in [-0.2, 0) is 0 Å². The third-order valence-electron chi connectivity index (χ3n) is 3.91.